The third kappa shape index (κ3) is 1.57. The highest BCUT2D eigenvalue weighted by Gasteiger charge is 2.11. The molecule has 0 aliphatic carbocycles. The van der Waals surface area contributed by atoms with Crippen LogP contribution in [0.2, 0.25) is 10.0 Å². The Hall–Kier alpha value is -0.130. The van der Waals surface area contributed by atoms with Gasteiger partial charge in [-0.05, 0) is 28.7 Å². The molecule has 1 nitrogen and oxygen atoms in total. The van der Waals surface area contributed by atoms with Gasteiger partial charge in [0.2, 0.25) is 0 Å². The summed E-state index contributed by atoms with van der Waals surface area (Å²) in [5.74, 6) is -0.402. The number of hydrogen-bond acceptors (Lipinski definition) is 1. The number of rotatable bonds is 0. The Morgan fingerprint density at radius 1 is 1.29 bits per heavy atom. The Bertz CT molecular complexity index is 516. The summed E-state index contributed by atoms with van der Waals surface area (Å²) in [6.07, 6.45) is 3.06. The third-order valence-corrected chi connectivity index (χ3v) is 3.44. The Morgan fingerprint density at radius 2 is 2.00 bits per heavy atom. The van der Waals surface area contributed by atoms with E-state index in [1.54, 1.807) is 6.20 Å². The second-order valence-electron chi connectivity index (χ2n) is 2.70. The van der Waals surface area contributed by atoms with E-state index in [2.05, 4.69) is 4.98 Å². The van der Waals surface area contributed by atoms with Gasteiger partial charge in [0.25, 0.3) is 0 Å². The molecule has 0 unspecified atom stereocenters. The van der Waals surface area contributed by atoms with E-state index in [1.807, 2.05) is 22.6 Å². The van der Waals surface area contributed by atoms with Gasteiger partial charge in [-0.15, -0.1) is 0 Å². The van der Waals surface area contributed by atoms with Gasteiger partial charge in [0, 0.05) is 26.7 Å². The first-order valence-corrected chi connectivity index (χ1v) is 5.51. The predicted molar refractivity (Wildman–Crippen MR) is 64.4 cm³/mol. The Morgan fingerprint density at radius 3 is 2.71 bits per heavy atom. The summed E-state index contributed by atoms with van der Waals surface area (Å²) in [7, 11) is 0. The predicted octanol–water partition coefficient (Wildman–Crippen LogP) is 4.29. The van der Waals surface area contributed by atoms with Crippen LogP contribution in [0.1, 0.15) is 0 Å². The van der Waals surface area contributed by atoms with E-state index >= 15 is 0 Å². The lowest BCUT2D eigenvalue weighted by Gasteiger charge is -2.05. The van der Waals surface area contributed by atoms with Crippen molar-refractivity contribution in [3.63, 3.8) is 0 Å². The van der Waals surface area contributed by atoms with Crippen LogP contribution < -0.4 is 0 Å². The lowest BCUT2D eigenvalue weighted by molar-refractivity contribution is 0.639. The van der Waals surface area contributed by atoms with Crippen LogP contribution in [-0.4, -0.2) is 4.98 Å². The maximum Gasteiger partial charge on any atom is 0.134 e. The molecule has 0 radical (unpaired) electrons. The summed E-state index contributed by atoms with van der Waals surface area (Å²) in [4.78, 5) is 3.89. The van der Waals surface area contributed by atoms with Crippen molar-refractivity contribution in [2.24, 2.45) is 0 Å². The molecule has 5 heteroatoms. The molecule has 1 aromatic carbocycles. The van der Waals surface area contributed by atoms with Crippen molar-refractivity contribution in [3.05, 3.63) is 37.9 Å². The number of halogens is 4. The van der Waals surface area contributed by atoms with Gasteiger partial charge in [0.15, 0.2) is 0 Å². The van der Waals surface area contributed by atoms with Crippen LogP contribution in [0.4, 0.5) is 4.39 Å². The van der Waals surface area contributed by atoms with Crippen LogP contribution in [0.5, 0.6) is 0 Å². The van der Waals surface area contributed by atoms with E-state index in [4.69, 9.17) is 23.2 Å². The highest BCUT2D eigenvalue weighted by molar-refractivity contribution is 14.1. The quantitative estimate of drug-likeness (QED) is 0.514. The number of pyridine rings is 1. The summed E-state index contributed by atoms with van der Waals surface area (Å²) in [5.41, 5.74) is 0. The van der Waals surface area contributed by atoms with Gasteiger partial charge >= 0.3 is 0 Å². The van der Waals surface area contributed by atoms with Crippen LogP contribution in [0, 0.1) is 9.39 Å². The smallest absolute Gasteiger partial charge is 0.134 e. The standard InChI is InChI=1S/C9H3Cl2FIN/c10-5-1-6(12)4-2-14-3-7(13)8(4)9(5)11/h1-3H. The average molecular weight is 342 g/mol. The number of nitrogens with zero attached hydrogens (tertiary/aromatic N) is 1. The molecule has 0 atom stereocenters. The molecule has 0 aliphatic rings. The van der Waals surface area contributed by atoms with E-state index in [0.29, 0.717) is 15.8 Å². The van der Waals surface area contributed by atoms with Gasteiger partial charge in [0.1, 0.15) is 5.82 Å². The maximum absolute atomic E-state index is 13.4. The van der Waals surface area contributed by atoms with E-state index < -0.39 is 5.82 Å². The van der Waals surface area contributed by atoms with Gasteiger partial charge in [0.05, 0.1) is 10.0 Å². The monoisotopic (exact) mass is 341 g/mol. The van der Waals surface area contributed by atoms with Gasteiger partial charge < -0.3 is 0 Å². The molecule has 0 saturated heterocycles. The van der Waals surface area contributed by atoms with Crippen LogP contribution in [-0.2, 0) is 0 Å². The normalized spacial score (nSPS) is 10.9. The summed E-state index contributed by atoms with van der Waals surface area (Å²) >= 11 is 13.8. The summed E-state index contributed by atoms with van der Waals surface area (Å²) in [5, 5.41) is 1.61. The lowest BCUT2D eigenvalue weighted by Crippen LogP contribution is -1.87. The lowest BCUT2D eigenvalue weighted by atomic mass is 10.2. The van der Waals surface area contributed by atoms with Crippen molar-refractivity contribution in [2.75, 3.05) is 0 Å². The Kier molecular flexibility index (Phi) is 2.81. The topological polar surface area (TPSA) is 12.9 Å². The fourth-order valence-electron chi connectivity index (χ4n) is 1.21. The summed E-state index contributed by atoms with van der Waals surface area (Å²) < 4.78 is 14.2. The molecule has 0 spiro atoms. The number of aromatic nitrogens is 1. The van der Waals surface area contributed by atoms with Gasteiger partial charge in [-0.1, -0.05) is 23.2 Å². The molecule has 0 bridgehead atoms. The molecule has 1 heterocycles. The first-order chi connectivity index (χ1) is 6.61. The van der Waals surface area contributed by atoms with Crippen molar-refractivity contribution < 1.29 is 4.39 Å². The Balaban J connectivity index is 3.03. The minimum Gasteiger partial charge on any atom is -0.263 e. The van der Waals surface area contributed by atoms with Crippen LogP contribution in [0.25, 0.3) is 10.8 Å². The molecule has 0 N–H and O–H groups in total. The largest absolute Gasteiger partial charge is 0.263 e. The zero-order chi connectivity index (χ0) is 10.3. The van der Waals surface area contributed by atoms with Gasteiger partial charge in [-0.3, -0.25) is 4.98 Å². The highest BCUT2D eigenvalue weighted by atomic mass is 127. The number of hydrogen-bond donors (Lipinski definition) is 0. The van der Waals surface area contributed by atoms with Crippen molar-refractivity contribution >= 4 is 56.6 Å². The van der Waals surface area contributed by atoms with Gasteiger partial charge in [-0.25, -0.2) is 4.39 Å². The fourth-order valence-corrected chi connectivity index (χ4v) is 2.54. The minimum absolute atomic E-state index is 0.223. The SMILES string of the molecule is Fc1cc(Cl)c(Cl)c2c(I)cncc12. The molecule has 0 fully saturated rings. The molecule has 2 aromatic rings. The van der Waals surface area contributed by atoms with E-state index in [9.17, 15) is 4.39 Å². The maximum atomic E-state index is 13.4. The van der Waals surface area contributed by atoms with Crippen molar-refractivity contribution in [1.82, 2.24) is 4.98 Å². The average Bonchev–Trinajstić information content (AvgIpc) is 2.14. The Labute approximate surface area is 103 Å². The third-order valence-electron chi connectivity index (χ3n) is 1.84. The zero-order valence-corrected chi connectivity index (χ0v) is 10.4. The molecule has 14 heavy (non-hydrogen) atoms. The molecule has 0 amide bonds. The van der Waals surface area contributed by atoms with Crippen LogP contribution >= 0.6 is 45.8 Å². The van der Waals surface area contributed by atoms with Crippen molar-refractivity contribution in [2.45, 2.75) is 0 Å². The molecule has 0 saturated carbocycles. The number of fused-ring (bicyclic) bond motifs is 1. The second-order valence-corrected chi connectivity index (χ2v) is 4.65. The van der Waals surface area contributed by atoms with E-state index in [1.165, 1.54) is 12.3 Å². The molecular formula is C9H3Cl2FIN. The number of benzene rings is 1. The van der Waals surface area contributed by atoms with E-state index in [0.717, 1.165) is 3.57 Å². The minimum atomic E-state index is -0.402. The molecule has 72 valence electrons. The van der Waals surface area contributed by atoms with Crippen LogP contribution in [0.15, 0.2) is 18.5 Å². The highest BCUT2D eigenvalue weighted by Crippen LogP contribution is 2.34. The first-order valence-electron chi connectivity index (χ1n) is 3.68. The first kappa shape index (κ1) is 10.4. The van der Waals surface area contributed by atoms with Gasteiger partial charge in [-0.2, -0.15) is 0 Å². The van der Waals surface area contributed by atoms with Crippen molar-refractivity contribution in [3.8, 4) is 0 Å². The second kappa shape index (κ2) is 3.79. The molecule has 0 aliphatic heterocycles. The molecule has 1 aromatic heterocycles. The van der Waals surface area contributed by atoms with E-state index in [-0.39, 0.29) is 5.02 Å². The summed E-state index contributed by atoms with van der Waals surface area (Å²) in [6, 6.07) is 1.20. The fraction of sp³-hybridized carbons (Fsp3) is 0. The summed E-state index contributed by atoms with van der Waals surface area (Å²) in [6.45, 7) is 0. The molecule has 2 rings (SSSR count). The zero-order valence-electron chi connectivity index (χ0n) is 6.69. The molecular weight excluding hydrogens is 339 g/mol. The van der Waals surface area contributed by atoms with Crippen LogP contribution in [0.3, 0.4) is 0 Å². The van der Waals surface area contributed by atoms with Crippen molar-refractivity contribution in [1.29, 1.82) is 0 Å².